The molecular formula is C10H13NO. The summed E-state index contributed by atoms with van der Waals surface area (Å²) < 4.78 is 0. The van der Waals surface area contributed by atoms with Gasteiger partial charge >= 0.3 is 0 Å². The summed E-state index contributed by atoms with van der Waals surface area (Å²) >= 11 is 0. The van der Waals surface area contributed by atoms with E-state index in [1.165, 1.54) is 0 Å². The topological polar surface area (TPSA) is 32.3 Å². The highest BCUT2D eigenvalue weighted by atomic mass is 16.2. The van der Waals surface area contributed by atoms with Crippen LogP contribution in [0.1, 0.15) is 0 Å². The first-order chi connectivity index (χ1) is 5.93. The molecule has 0 bridgehead atoms. The van der Waals surface area contributed by atoms with Crippen LogP contribution in [0.4, 0.5) is 5.69 Å². The van der Waals surface area contributed by atoms with Crippen molar-refractivity contribution in [2.24, 2.45) is 0 Å². The first-order valence-electron chi connectivity index (χ1n) is 3.98. The molecule has 2 nitrogen and oxygen atoms in total. The molecule has 1 aromatic rings. The molecule has 0 aromatic heterocycles. The smallest absolute Gasteiger partial charge is 0.0613 e. The van der Waals surface area contributed by atoms with Crippen molar-refractivity contribution in [1.29, 1.82) is 0 Å². The van der Waals surface area contributed by atoms with Crippen LogP contribution in [0.3, 0.4) is 0 Å². The SMILES string of the molecule is OCC=CCNc1ccccc1. The average Bonchev–Trinajstić information content (AvgIpc) is 2.14. The van der Waals surface area contributed by atoms with Gasteiger partial charge in [-0.15, -0.1) is 0 Å². The van der Waals surface area contributed by atoms with Gasteiger partial charge in [0.25, 0.3) is 0 Å². The van der Waals surface area contributed by atoms with Crippen LogP contribution < -0.4 is 5.32 Å². The largest absolute Gasteiger partial charge is 0.392 e. The van der Waals surface area contributed by atoms with Gasteiger partial charge < -0.3 is 10.4 Å². The van der Waals surface area contributed by atoms with E-state index in [0.717, 1.165) is 12.2 Å². The van der Waals surface area contributed by atoms with Gasteiger partial charge in [-0.05, 0) is 12.1 Å². The Morgan fingerprint density at radius 2 is 1.92 bits per heavy atom. The lowest BCUT2D eigenvalue weighted by Crippen LogP contribution is -1.97. The molecule has 0 heterocycles. The third-order valence-electron chi connectivity index (χ3n) is 1.47. The summed E-state index contributed by atoms with van der Waals surface area (Å²) in [5, 5.41) is 11.6. The second-order valence-corrected chi connectivity index (χ2v) is 2.40. The number of para-hydroxylation sites is 1. The minimum atomic E-state index is 0.108. The predicted octanol–water partition coefficient (Wildman–Crippen LogP) is 1.65. The van der Waals surface area contributed by atoms with Gasteiger partial charge in [0.2, 0.25) is 0 Å². The van der Waals surface area contributed by atoms with Crippen molar-refractivity contribution in [3.05, 3.63) is 42.5 Å². The number of anilines is 1. The molecule has 0 aliphatic heterocycles. The zero-order valence-electron chi connectivity index (χ0n) is 6.90. The summed E-state index contributed by atoms with van der Waals surface area (Å²) in [7, 11) is 0. The number of hydrogen-bond acceptors (Lipinski definition) is 2. The second-order valence-electron chi connectivity index (χ2n) is 2.40. The second kappa shape index (κ2) is 5.38. The fourth-order valence-corrected chi connectivity index (χ4v) is 0.891. The Kier molecular flexibility index (Phi) is 3.95. The van der Waals surface area contributed by atoms with Crippen molar-refractivity contribution >= 4 is 5.69 Å². The third kappa shape index (κ3) is 3.21. The predicted molar refractivity (Wildman–Crippen MR) is 51.2 cm³/mol. The van der Waals surface area contributed by atoms with Gasteiger partial charge in [0.1, 0.15) is 0 Å². The Balaban J connectivity index is 2.29. The van der Waals surface area contributed by atoms with Crippen molar-refractivity contribution in [3.63, 3.8) is 0 Å². The molecule has 2 N–H and O–H groups in total. The summed E-state index contributed by atoms with van der Waals surface area (Å²) in [5.74, 6) is 0. The highest BCUT2D eigenvalue weighted by Gasteiger charge is 1.83. The van der Waals surface area contributed by atoms with E-state index in [9.17, 15) is 0 Å². The molecule has 0 fully saturated rings. The molecule has 1 aromatic carbocycles. The third-order valence-corrected chi connectivity index (χ3v) is 1.47. The Bertz CT molecular complexity index is 231. The number of hydrogen-bond donors (Lipinski definition) is 2. The molecule has 0 aliphatic rings. The molecule has 64 valence electrons. The van der Waals surface area contributed by atoms with E-state index in [1.54, 1.807) is 6.08 Å². The number of rotatable bonds is 4. The zero-order chi connectivity index (χ0) is 8.65. The van der Waals surface area contributed by atoms with Crippen molar-refractivity contribution in [1.82, 2.24) is 0 Å². The molecule has 0 saturated carbocycles. The summed E-state index contributed by atoms with van der Waals surface area (Å²) in [6.45, 7) is 0.862. The molecule has 0 unspecified atom stereocenters. The van der Waals surface area contributed by atoms with E-state index in [2.05, 4.69) is 5.32 Å². The summed E-state index contributed by atoms with van der Waals surface area (Å²) in [4.78, 5) is 0. The molecule has 12 heavy (non-hydrogen) atoms. The Labute approximate surface area is 72.5 Å². The van der Waals surface area contributed by atoms with Crippen LogP contribution in [0.5, 0.6) is 0 Å². The highest BCUT2D eigenvalue weighted by Crippen LogP contribution is 2.03. The lowest BCUT2D eigenvalue weighted by Gasteiger charge is -2.00. The maximum Gasteiger partial charge on any atom is 0.0613 e. The van der Waals surface area contributed by atoms with Gasteiger partial charge in [0.15, 0.2) is 0 Å². The van der Waals surface area contributed by atoms with Crippen LogP contribution in [0.2, 0.25) is 0 Å². The number of aliphatic hydroxyl groups is 1. The first-order valence-corrected chi connectivity index (χ1v) is 3.98. The molecule has 0 aliphatic carbocycles. The lowest BCUT2D eigenvalue weighted by atomic mass is 10.3. The molecule has 0 saturated heterocycles. The van der Waals surface area contributed by atoms with E-state index in [0.29, 0.717) is 0 Å². The minimum absolute atomic E-state index is 0.108. The highest BCUT2D eigenvalue weighted by molar-refractivity contribution is 5.42. The van der Waals surface area contributed by atoms with E-state index in [4.69, 9.17) is 5.11 Å². The molecule has 0 amide bonds. The summed E-state index contributed by atoms with van der Waals surface area (Å²) in [6, 6.07) is 9.96. The van der Waals surface area contributed by atoms with E-state index < -0.39 is 0 Å². The molecule has 0 radical (unpaired) electrons. The molecular weight excluding hydrogens is 150 g/mol. The van der Waals surface area contributed by atoms with Crippen LogP contribution in [0.25, 0.3) is 0 Å². The number of nitrogens with one attached hydrogen (secondary N) is 1. The van der Waals surface area contributed by atoms with E-state index >= 15 is 0 Å². The van der Waals surface area contributed by atoms with Crippen molar-refractivity contribution in [2.45, 2.75) is 0 Å². The van der Waals surface area contributed by atoms with Gasteiger partial charge in [-0.3, -0.25) is 0 Å². The minimum Gasteiger partial charge on any atom is -0.392 e. The lowest BCUT2D eigenvalue weighted by molar-refractivity contribution is 0.342. The van der Waals surface area contributed by atoms with Crippen LogP contribution in [0.15, 0.2) is 42.5 Å². The average molecular weight is 163 g/mol. The van der Waals surface area contributed by atoms with Crippen LogP contribution >= 0.6 is 0 Å². The standard InChI is InChI=1S/C10H13NO/c12-9-5-4-8-11-10-6-2-1-3-7-10/h1-7,11-12H,8-9H2. The van der Waals surface area contributed by atoms with Gasteiger partial charge in [0, 0.05) is 12.2 Å². The first kappa shape index (κ1) is 8.81. The van der Waals surface area contributed by atoms with Gasteiger partial charge in [0.05, 0.1) is 6.61 Å². The molecule has 0 spiro atoms. The Morgan fingerprint density at radius 3 is 2.58 bits per heavy atom. The fraction of sp³-hybridized carbons (Fsp3) is 0.200. The molecule has 2 heteroatoms. The van der Waals surface area contributed by atoms with Gasteiger partial charge in [-0.1, -0.05) is 30.4 Å². The number of aliphatic hydroxyl groups excluding tert-OH is 1. The molecule has 0 atom stereocenters. The Morgan fingerprint density at radius 1 is 1.17 bits per heavy atom. The van der Waals surface area contributed by atoms with Crippen LogP contribution in [-0.4, -0.2) is 18.3 Å². The van der Waals surface area contributed by atoms with Gasteiger partial charge in [-0.2, -0.15) is 0 Å². The van der Waals surface area contributed by atoms with E-state index in [-0.39, 0.29) is 6.61 Å². The normalized spacial score (nSPS) is 10.4. The zero-order valence-corrected chi connectivity index (χ0v) is 6.90. The fourth-order valence-electron chi connectivity index (χ4n) is 0.891. The molecule has 1 rings (SSSR count). The monoisotopic (exact) mass is 163 g/mol. The van der Waals surface area contributed by atoms with Crippen LogP contribution in [0, 0.1) is 0 Å². The summed E-state index contributed by atoms with van der Waals surface area (Å²) in [5.41, 5.74) is 1.10. The maximum absolute atomic E-state index is 8.45. The summed E-state index contributed by atoms with van der Waals surface area (Å²) in [6.07, 6.45) is 3.61. The van der Waals surface area contributed by atoms with Crippen molar-refractivity contribution in [2.75, 3.05) is 18.5 Å². The number of benzene rings is 1. The maximum atomic E-state index is 8.45. The Hall–Kier alpha value is -1.28. The van der Waals surface area contributed by atoms with E-state index in [1.807, 2.05) is 36.4 Å². The quantitative estimate of drug-likeness (QED) is 0.661. The van der Waals surface area contributed by atoms with Crippen LogP contribution in [-0.2, 0) is 0 Å². The van der Waals surface area contributed by atoms with Crippen molar-refractivity contribution < 1.29 is 5.11 Å². The van der Waals surface area contributed by atoms with Crippen molar-refractivity contribution in [3.8, 4) is 0 Å². The van der Waals surface area contributed by atoms with Gasteiger partial charge in [-0.25, -0.2) is 0 Å².